The van der Waals surface area contributed by atoms with E-state index in [-0.39, 0.29) is 25.1 Å². The van der Waals surface area contributed by atoms with Gasteiger partial charge in [-0.1, -0.05) is 56.7 Å². The third kappa shape index (κ3) is 15.6. The van der Waals surface area contributed by atoms with Crippen LogP contribution >= 0.6 is 11.8 Å². The lowest BCUT2D eigenvalue weighted by Crippen LogP contribution is -2.61. The number of fused-ring (bicyclic) bond motifs is 2. The number of carboxylic acid groups (broad SMARTS) is 2. The van der Waals surface area contributed by atoms with E-state index in [0.29, 0.717) is 38.6 Å². The van der Waals surface area contributed by atoms with Crippen LogP contribution in [0.5, 0.6) is 0 Å². The minimum absolute atomic E-state index is 0.0240. The molecule has 0 spiro atoms. The molecule has 358 valence electrons. The second kappa shape index (κ2) is 25.8. The number of aliphatic carboxylic acids is 2. The predicted octanol–water partition coefficient (Wildman–Crippen LogP) is 0.236. The van der Waals surface area contributed by atoms with E-state index in [4.69, 9.17) is 16.5 Å². The van der Waals surface area contributed by atoms with Crippen molar-refractivity contribution >= 4 is 92.5 Å². The zero-order chi connectivity index (χ0) is 48.3. The van der Waals surface area contributed by atoms with Crippen LogP contribution in [0.4, 0.5) is 5.69 Å². The van der Waals surface area contributed by atoms with E-state index in [2.05, 4.69) is 37.2 Å². The van der Waals surface area contributed by atoms with Crippen LogP contribution in [-0.2, 0) is 43.2 Å². The first-order chi connectivity index (χ1) is 31.5. The quantitative estimate of drug-likeness (QED) is 0.0567. The average molecular weight is 937 g/mol. The van der Waals surface area contributed by atoms with Crippen LogP contribution in [0, 0.1) is 5.92 Å². The predicted molar refractivity (Wildman–Crippen MR) is 247 cm³/mol. The number of thioether (sulfide) groups is 1. The molecule has 22 heteroatoms. The number of rotatable bonds is 19. The number of aromatic nitrogens is 1. The summed E-state index contributed by atoms with van der Waals surface area (Å²) < 4.78 is 0. The number of para-hydroxylation sites is 2. The Labute approximate surface area is 385 Å². The highest BCUT2D eigenvalue weighted by Gasteiger charge is 2.36. The van der Waals surface area contributed by atoms with Gasteiger partial charge in [0.05, 0.1) is 35.3 Å². The summed E-state index contributed by atoms with van der Waals surface area (Å²) in [5.41, 5.74) is 13.9. The summed E-state index contributed by atoms with van der Waals surface area (Å²) in [7, 11) is 0. The standard InChI is InChI=1S/C44H60N10O11S/c1-3-24(2)37-44(65)52-32(21-36(58)59)42(63)53-33(22-66-23-34(55)49-31(20-35(56)57)41(62)51-30(40(61)54-37)17-8-10-18-45)43(64)50-29(39(46)60)16-9-11-19-47-38-25-12-4-6-14-27(25)48-28-15-7-5-13-26(28)38/h4-7,12-15,24,29-33,37H,3,8-11,16-23,45H2,1-2H3,(H2,46,60)(H,47,48)(H,49,55)(H,50,64)(H,51,62)(H,52,65)(H,53,63)(H,54,61)(H,56,57)(H,58,59)/t24-,29-,30-,31-,32-,33-,37-/m0/s1. The molecular weight excluding hydrogens is 877 g/mol. The van der Waals surface area contributed by atoms with Gasteiger partial charge in [-0.25, -0.2) is 4.98 Å². The molecule has 13 N–H and O–H groups in total. The van der Waals surface area contributed by atoms with Crippen molar-refractivity contribution in [1.29, 1.82) is 0 Å². The maximum Gasteiger partial charge on any atom is 0.305 e. The molecule has 2 aromatic carbocycles. The van der Waals surface area contributed by atoms with Gasteiger partial charge in [-0.15, -0.1) is 11.8 Å². The molecule has 4 rings (SSSR count). The summed E-state index contributed by atoms with van der Waals surface area (Å²) in [6.45, 7) is 4.09. The van der Waals surface area contributed by atoms with Crippen LogP contribution < -0.4 is 48.7 Å². The highest BCUT2D eigenvalue weighted by Crippen LogP contribution is 2.30. The maximum absolute atomic E-state index is 13.9. The Morgan fingerprint density at radius 1 is 0.773 bits per heavy atom. The van der Waals surface area contributed by atoms with Crippen molar-refractivity contribution in [3.8, 4) is 0 Å². The van der Waals surface area contributed by atoms with Gasteiger partial charge >= 0.3 is 11.9 Å². The Morgan fingerprint density at radius 2 is 1.35 bits per heavy atom. The summed E-state index contributed by atoms with van der Waals surface area (Å²) in [5, 5.41) is 39.5. The molecule has 1 saturated heterocycles. The second-order valence-corrected chi connectivity index (χ2v) is 17.1. The molecular formula is C44H60N10O11S. The molecule has 1 fully saturated rings. The molecule has 66 heavy (non-hydrogen) atoms. The number of primary amides is 1. The first-order valence-electron chi connectivity index (χ1n) is 21.9. The zero-order valence-corrected chi connectivity index (χ0v) is 37.7. The second-order valence-electron chi connectivity index (χ2n) is 16.1. The smallest absolute Gasteiger partial charge is 0.305 e. The van der Waals surface area contributed by atoms with Gasteiger partial charge in [0.25, 0.3) is 0 Å². The van der Waals surface area contributed by atoms with Crippen molar-refractivity contribution in [3.05, 3.63) is 48.5 Å². The van der Waals surface area contributed by atoms with Crippen molar-refractivity contribution in [2.75, 3.05) is 29.9 Å². The first-order valence-corrected chi connectivity index (χ1v) is 23.0. The molecule has 2 heterocycles. The molecule has 7 amide bonds. The SMILES string of the molecule is CC[C@H](C)[C@@H]1NC(=O)[C@H](CCCCN)NC(=O)[C@H](CC(=O)O)NC(=O)CSC[C@@H](C(=O)N[C@@H](CCCCNc2c3ccccc3nc3ccccc23)C(N)=O)NC(=O)[C@H](CC(=O)O)NC1=O. The average Bonchev–Trinajstić information content (AvgIpc) is 3.27. The molecule has 21 nitrogen and oxygen atoms in total. The molecule has 0 unspecified atom stereocenters. The monoisotopic (exact) mass is 936 g/mol. The Kier molecular flexibility index (Phi) is 20.4. The summed E-state index contributed by atoms with van der Waals surface area (Å²) in [6, 6.07) is 6.56. The highest BCUT2D eigenvalue weighted by molar-refractivity contribution is 8.00. The Hall–Kier alpha value is -6.55. The number of anilines is 1. The number of nitrogens with one attached hydrogen (secondary N) is 7. The lowest BCUT2D eigenvalue weighted by atomic mass is 9.96. The summed E-state index contributed by atoms with van der Waals surface area (Å²) in [5.74, 6) is -10.8. The van der Waals surface area contributed by atoms with E-state index in [1.165, 1.54) is 0 Å². The van der Waals surface area contributed by atoms with Gasteiger partial charge in [-0.3, -0.25) is 43.2 Å². The highest BCUT2D eigenvalue weighted by atomic mass is 32.2. The third-order valence-corrected chi connectivity index (χ3v) is 12.1. The number of nitrogens with two attached hydrogens (primary N) is 2. The van der Waals surface area contributed by atoms with Gasteiger partial charge in [-0.2, -0.15) is 0 Å². The van der Waals surface area contributed by atoms with E-state index in [1.807, 2.05) is 48.5 Å². The minimum Gasteiger partial charge on any atom is -0.481 e. The van der Waals surface area contributed by atoms with Gasteiger partial charge in [-0.05, 0) is 63.1 Å². The Bertz CT molecular complexity index is 2190. The summed E-state index contributed by atoms with van der Waals surface area (Å²) in [4.78, 5) is 123. The van der Waals surface area contributed by atoms with Gasteiger partial charge in [0.2, 0.25) is 41.4 Å². The van der Waals surface area contributed by atoms with Crippen molar-refractivity contribution in [1.82, 2.24) is 36.9 Å². The first kappa shape index (κ1) is 52.1. The number of benzene rings is 2. The molecule has 0 bridgehead atoms. The fourth-order valence-electron chi connectivity index (χ4n) is 7.25. The largest absolute Gasteiger partial charge is 0.481 e. The number of carbonyl (C=O) groups is 9. The normalized spacial score (nSPS) is 21.1. The summed E-state index contributed by atoms with van der Waals surface area (Å²) in [6.07, 6.45) is 0.401. The van der Waals surface area contributed by atoms with Crippen molar-refractivity contribution in [2.45, 2.75) is 108 Å². The number of nitrogens with zero attached hydrogens (tertiary/aromatic N) is 1. The minimum atomic E-state index is -1.77. The van der Waals surface area contributed by atoms with Crippen molar-refractivity contribution in [3.63, 3.8) is 0 Å². The van der Waals surface area contributed by atoms with E-state index in [9.17, 15) is 53.4 Å². The topological polar surface area (TPSA) is 343 Å². The number of hydrogen-bond donors (Lipinski definition) is 11. The number of carbonyl (C=O) groups excluding carboxylic acids is 7. The summed E-state index contributed by atoms with van der Waals surface area (Å²) >= 11 is 0.787. The molecule has 1 aliphatic rings. The van der Waals surface area contributed by atoms with Gasteiger partial charge in [0, 0.05) is 23.1 Å². The fourth-order valence-corrected chi connectivity index (χ4v) is 8.11. The molecule has 0 saturated carbocycles. The number of carboxylic acids is 2. The third-order valence-electron chi connectivity index (χ3n) is 11.0. The van der Waals surface area contributed by atoms with Crippen LogP contribution in [0.2, 0.25) is 0 Å². The Morgan fingerprint density at radius 3 is 1.94 bits per heavy atom. The molecule has 0 radical (unpaired) electrons. The van der Waals surface area contributed by atoms with Crippen LogP contribution in [0.25, 0.3) is 21.8 Å². The van der Waals surface area contributed by atoms with E-state index >= 15 is 0 Å². The van der Waals surface area contributed by atoms with Crippen LogP contribution in [0.1, 0.15) is 71.6 Å². The van der Waals surface area contributed by atoms with E-state index in [0.717, 1.165) is 39.3 Å². The lowest BCUT2D eigenvalue weighted by molar-refractivity contribution is -0.142. The van der Waals surface area contributed by atoms with Crippen molar-refractivity contribution < 1.29 is 53.4 Å². The number of amides is 7. The molecule has 1 aliphatic heterocycles. The van der Waals surface area contributed by atoms with E-state index < -0.39 is 114 Å². The van der Waals surface area contributed by atoms with Gasteiger partial charge in [0.1, 0.15) is 36.3 Å². The van der Waals surface area contributed by atoms with Gasteiger partial charge < -0.3 is 58.9 Å². The molecule has 7 atom stereocenters. The van der Waals surface area contributed by atoms with E-state index in [1.54, 1.807) is 13.8 Å². The Balaban J connectivity index is 1.55. The van der Waals surface area contributed by atoms with Crippen LogP contribution in [-0.4, -0.2) is 129 Å². The lowest BCUT2D eigenvalue weighted by Gasteiger charge is -2.29. The molecule has 1 aromatic heterocycles. The van der Waals surface area contributed by atoms with Crippen molar-refractivity contribution in [2.24, 2.45) is 17.4 Å². The zero-order valence-electron chi connectivity index (χ0n) is 36.9. The van der Waals surface area contributed by atoms with Gasteiger partial charge in [0.15, 0.2) is 0 Å². The van der Waals surface area contributed by atoms with Crippen LogP contribution in [0.3, 0.4) is 0 Å². The van der Waals surface area contributed by atoms with Crippen LogP contribution in [0.15, 0.2) is 48.5 Å². The molecule has 3 aromatic rings. The number of hydrogen-bond acceptors (Lipinski definition) is 13. The molecule has 0 aliphatic carbocycles. The number of pyridine rings is 1. The fraction of sp³-hybridized carbons (Fsp3) is 0.500. The number of unbranched alkanes of at least 4 members (excludes halogenated alkanes) is 2. The maximum atomic E-state index is 13.9.